The van der Waals surface area contributed by atoms with Crippen LogP contribution in [-0.4, -0.2) is 54.3 Å². The van der Waals surface area contributed by atoms with E-state index in [1.165, 1.54) is 7.11 Å². The van der Waals surface area contributed by atoms with E-state index in [1.54, 1.807) is 36.4 Å². The molecule has 3 aliphatic heterocycles. The van der Waals surface area contributed by atoms with E-state index in [9.17, 15) is 19.2 Å². The highest BCUT2D eigenvalue weighted by molar-refractivity contribution is 6.30. The first-order valence-electron chi connectivity index (χ1n) is 11.1. The van der Waals surface area contributed by atoms with Crippen LogP contribution in [0.4, 0.5) is 5.69 Å². The number of nitrogens with one attached hydrogen (secondary N) is 1. The van der Waals surface area contributed by atoms with E-state index >= 15 is 0 Å². The predicted octanol–water partition coefficient (Wildman–Crippen LogP) is 2.24. The van der Waals surface area contributed by atoms with Crippen LogP contribution >= 0.6 is 11.6 Å². The maximum atomic E-state index is 13.9. The zero-order valence-corrected chi connectivity index (χ0v) is 19.5. The van der Waals surface area contributed by atoms with Gasteiger partial charge in [-0.2, -0.15) is 0 Å². The van der Waals surface area contributed by atoms with Gasteiger partial charge in [-0.1, -0.05) is 41.4 Å². The smallest absolute Gasteiger partial charge is 0.307 e. The van der Waals surface area contributed by atoms with Crippen molar-refractivity contribution in [2.75, 3.05) is 25.1 Å². The van der Waals surface area contributed by atoms with Gasteiger partial charge < -0.3 is 10.1 Å². The van der Waals surface area contributed by atoms with Crippen LogP contribution < -0.4 is 10.2 Å². The number of carbonyl (C=O) groups excluding carboxylic acids is 4. The van der Waals surface area contributed by atoms with Crippen LogP contribution in [0, 0.1) is 18.8 Å². The SMILES string of the molecule is COC(=O)C[C@]12C(=O)NCCN1[C@H](c1ccc(Cl)cc1)[C@@H]1C(=O)N(c3ccc(C)cc3)C(=O)[C@@H]12. The highest BCUT2D eigenvalue weighted by atomic mass is 35.5. The van der Waals surface area contributed by atoms with Crippen molar-refractivity contribution in [3.63, 3.8) is 0 Å². The van der Waals surface area contributed by atoms with Crippen LogP contribution in [0.5, 0.6) is 0 Å². The van der Waals surface area contributed by atoms with Gasteiger partial charge in [-0.15, -0.1) is 0 Å². The van der Waals surface area contributed by atoms with E-state index in [-0.39, 0.29) is 12.3 Å². The normalized spacial score (nSPS) is 28.5. The molecule has 0 radical (unpaired) electrons. The van der Waals surface area contributed by atoms with Gasteiger partial charge in [-0.25, -0.2) is 4.90 Å². The minimum absolute atomic E-state index is 0.332. The molecule has 3 heterocycles. The second kappa shape index (κ2) is 8.21. The number of aryl methyl sites for hydroxylation is 1. The number of carbonyl (C=O) groups is 4. The number of fused-ring (bicyclic) bond motifs is 3. The Morgan fingerprint density at radius 3 is 2.41 bits per heavy atom. The summed E-state index contributed by atoms with van der Waals surface area (Å²) in [6, 6.07) is 13.5. The zero-order valence-electron chi connectivity index (χ0n) is 18.8. The molecule has 8 nitrogen and oxygen atoms in total. The van der Waals surface area contributed by atoms with Crippen molar-refractivity contribution in [2.24, 2.45) is 11.8 Å². The fourth-order valence-corrected chi connectivity index (χ4v) is 5.89. The molecule has 3 amide bonds. The Bertz CT molecular complexity index is 1180. The molecular weight excluding hydrogens is 458 g/mol. The second-order valence-electron chi connectivity index (χ2n) is 8.97. The number of piperazine rings is 1. The number of hydrogen-bond donors (Lipinski definition) is 1. The number of ether oxygens (including phenoxy) is 1. The lowest BCUT2D eigenvalue weighted by atomic mass is 9.76. The van der Waals surface area contributed by atoms with Crippen molar-refractivity contribution in [1.82, 2.24) is 10.2 Å². The van der Waals surface area contributed by atoms with E-state index in [2.05, 4.69) is 5.32 Å². The predicted molar refractivity (Wildman–Crippen MR) is 124 cm³/mol. The fraction of sp³-hybridized carbons (Fsp3) is 0.360. The topological polar surface area (TPSA) is 96.0 Å². The molecule has 2 aromatic carbocycles. The molecule has 0 unspecified atom stereocenters. The lowest BCUT2D eigenvalue weighted by Gasteiger charge is -2.45. The summed E-state index contributed by atoms with van der Waals surface area (Å²) in [7, 11) is 1.24. The average molecular weight is 482 g/mol. The molecule has 2 aromatic rings. The van der Waals surface area contributed by atoms with Crippen LogP contribution in [-0.2, 0) is 23.9 Å². The Kier molecular flexibility index (Phi) is 5.45. The van der Waals surface area contributed by atoms with Crippen molar-refractivity contribution in [3.8, 4) is 0 Å². The maximum Gasteiger partial charge on any atom is 0.307 e. The molecule has 0 saturated carbocycles. The van der Waals surface area contributed by atoms with Crippen LogP contribution in [0.15, 0.2) is 48.5 Å². The summed E-state index contributed by atoms with van der Waals surface area (Å²) < 4.78 is 4.92. The molecule has 0 aliphatic carbocycles. The minimum atomic E-state index is -1.54. The molecule has 9 heteroatoms. The first-order chi connectivity index (χ1) is 16.3. The molecule has 0 spiro atoms. The number of imide groups is 1. The maximum absolute atomic E-state index is 13.9. The van der Waals surface area contributed by atoms with Crippen molar-refractivity contribution in [1.29, 1.82) is 0 Å². The Labute approximate surface area is 201 Å². The number of halogens is 1. The molecule has 4 atom stereocenters. The summed E-state index contributed by atoms with van der Waals surface area (Å²) in [6.45, 7) is 2.64. The van der Waals surface area contributed by atoms with Crippen molar-refractivity contribution >= 4 is 41.0 Å². The average Bonchev–Trinajstić information content (AvgIpc) is 3.26. The largest absolute Gasteiger partial charge is 0.469 e. The summed E-state index contributed by atoms with van der Waals surface area (Å²) in [4.78, 5) is 56.9. The monoisotopic (exact) mass is 481 g/mol. The summed E-state index contributed by atoms with van der Waals surface area (Å²) in [6.07, 6.45) is -0.332. The summed E-state index contributed by atoms with van der Waals surface area (Å²) in [5, 5.41) is 3.36. The Morgan fingerprint density at radius 2 is 1.76 bits per heavy atom. The molecule has 3 aliphatic rings. The van der Waals surface area contributed by atoms with Gasteiger partial charge >= 0.3 is 5.97 Å². The van der Waals surface area contributed by atoms with Gasteiger partial charge in [0.25, 0.3) is 0 Å². The molecule has 0 aromatic heterocycles. The molecule has 1 N–H and O–H groups in total. The molecule has 3 saturated heterocycles. The number of hydrogen-bond acceptors (Lipinski definition) is 6. The van der Waals surface area contributed by atoms with Crippen LogP contribution in [0.3, 0.4) is 0 Å². The fourth-order valence-electron chi connectivity index (χ4n) is 5.77. The van der Waals surface area contributed by atoms with Crippen LogP contribution in [0.2, 0.25) is 5.02 Å². The Hall–Kier alpha value is -3.23. The van der Waals surface area contributed by atoms with Crippen LogP contribution in [0.25, 0.3) is 0 Å². The van der Waals surface area contributed by atoms with Gasteiger partial charge in [0.15, 0.2) is 0 Å². The molecule has 3 fully saturated rings. The number of anilines is 1. The Morgan fingerprint density at radius 1 is 1.09 bits per heavy atom. The molecule has 0 bridgehead atoms. The number of nitrogens with zero attached hydrogens (tertiary/aromatic N) is 2. The highest BCUT2D eigenvalue weighted by Crippen LogP contribution is 2.57. The first kappa shape index (κ1) is 22.6. The molecule has 5 rings (SSSR count). The van der Waals surface area contributed by atoms with E-state index in [4.69, 9.17) is 16.3 Å². The Balaban J connectivity index is 1.70. The van der Waals surface area contributed by atoms with Gasteiger partial charge in [0.1, 0.15) is 5.54 Å². The van der Waals surface area contributed by atoms with Gasteiger partial charge in [0.05, 0.1) is 31.1 Å². The third-order valence-electron chi connectivity index (χ3n) is 7.23. The summed E-state index contributed by atoms with van der Waals surface area (Å²) >= 11 is 6.10. The molecule has 176 valence electrons. The number of methoxy groups -OCH3 is 1. The number of rotatable bonds is 4. The summed E-state index contributed by atoms with van der Waals surface area (Å²) in [5.41, 5.74) is 0.655. The quantitative estimate of drug-likeness (QED) is 0.531. The van der Waals surface area contributed by atoms with Gasteiger partial charge in [-0.3, -0.25) is 24.1 Å². The standard InChI is InChI=1S/C25H24ClN3O5/c1-14-3-9-17(10-4-14)29-22(31)19-20(23(29)32)25(13-18(30)34-2)24(33)27-11-12-28(25)21(19)15-5-7-16(26)8-6-15/h3-10,19-21H,11-13H2,1-2H3,(H,27,33)/t19-,20-,21-,25+/m1/s1. The van der Waals surface area contributed by atoms with E-state index < -0.39 is 41.2 Å². The minimum Gasteiger partial charge on any atom is -0.469 e. The van der Waals surface area contributed by atoms with Gasteiger partial charge in [0.2, 0.25) is 17.7 Å². The lowest BCUT2D eigenvalue weighted by Crippen LogP contribution is -2.67. The number of benzene rings is 2. The number of amides is 3. The summed E-state index contributed by atoms with van der Waals surface area (Å²) in [5.74, 6) is -3.81. The molecule has 34 heavy (non-hydrogen) atoms. The third-order valence-corrected chi connectivity index (χ3v) is 7.48. The third kappa shape index (κ3) is 3.16. The van der Waals surface area contributed by atoms with Gasteiger partial charge in [-0.05, 0) is 36.8 Å². The van der Waals surface area contributed by atoms with Gasteiger partial charge in [0, 0.05) is 24.2 Å². The van der Waals surface area contributed by atoms with E-state index in [0.29, 0.717) is 23.8 Å². The zero-order chi connectivity index (χ0) is 24.2. The van der Waals surface area contributed by atoms with Crippen LogP contribution in [0.1, 0.15) is 23.6 Å². The van der Waals surface area contributed by atoms with Crippen molar-refractivity contribution in [3.05, 3.63) is 64.7 Å². The van der Waals surface area contributed by atoms with E-state index in [0.717, 1.165) is 16.0 Å². The van der Waals surface area contributed by atoms with E-state index in [1.807, 2.05) is 24.0 Å². The highest BCUT2D eigenvalue weighted by Gasteiger charge is 2.73. The van der Waals surface area contributed by atoms with Crippen molar-refractivity contribution in [2.45, 2.75) is 24.9 Å². The first-order valence-corrected chi connectivity index (χ1v) is 11.5. The van der Waals surface area contributed by atoms with Crippen molar-refractivity contribution < 1.29 is 23.9 Å². The molecular formula is C25H24ClN3O5. The number of esters is 1. The second-order valence-corrected chi connectivity index (χ2v) is 9.41. The lowest BCUT2D eigenvalue weighted by molar-refractivity contribution is -0.154.